The number of benzene rings is 2. The van der Waals surface area contributed by atoms with Crippen molar-refractivity contribution in [2.24, 2.45) is 0 Å². The van der Waals surface area contributed by atoms with E-state index in [1.54, 1.807) is 42.5 Å². The van der Waals surface area contributed by atoms with Crippen LogP contribution < -0.4 is 25.8 Å². The summed E-state index contributed by atoms with van der Waals surface area (Å²) in [6.07, 6.45) is 0. The van der Waals surface area contributed by atoms with Gasteiger partial charge in [0, 0.05) is 17.4 Å². The van der Waals surface area contributed by atoms with Gasteiger partial charge in [0.2, 0.25) is 12.7 Å². The van der Waals surface area contributed by atoms with Gasteiger partial charge in [0.05, 0.1) is 16.9 Å². The van der Waals surface area contributed by atoms with Gasteiger partial charge in [-0.15, -0.1) is 0 Å². The molecule has 10 heteroatoms. The van der Waals surface area contributed by atoms with Gasteiger partial charge in [-0.3, -0.25) is 9.59 Å². The Morgan fingerprint density at radius 3 is 2.62 bits per heavy atom. The Kier molecular flexibility index (Phi) is 6.10. The number of nitrogen functional groups attached to an aromatic ring is 1. The van der Waals surface area contributed by atoms with Crippen LogP contribution >= 0.6 is 11.8 Å². The van der Waals surface area contributed by atoms with Crippen LogP contribution in [0.15, 0.2) is 59.6 Å². The van der Waals surface area contributed by atoms with E-state index in [1.807, 2.05) is 12.1 Å². The molecule has 0 unspecified atom stereocenters. The third-order valence-corrected chi connectivity index (χ3v) is 5.40. The standard InChI is InChI=1S/C22H17N5O4S/c23-10-13-8-16(21(29)26-14-4-2-1-3-5-14)20(24)27-22(13)32-11-19(28)25-15-6-7-17-18(9-15)31-12-30-17/h1-9H,11-12H2,(H2,24,27)(H,25,28)(H,26,29). The number of carbonyl (C=O) groups is 2. The molecule has 0 radical (unpaired) electrons. The summed E-state index contributed by atoms with van der Waals surface area (Å²) in [4.78, 5) is 29.0. The first-order valence-corrected chi connectivity index (χ1v) is 10.4. The number of nitriles is 1. The number of hydrogen-bond donors (Lipinski definition) is 3. The van der Waals surface area contributed by atoms with Gasteiger partial charge in [0.15, 0.2) is 11.5 Å². The van der Waals surface area contributed by atoms with Crippen molar-refractivity contribution >= 4 is 40.8 Å². The molecule has 2 heterocycles. The highest BCUT2D eigenvalue weighted by Gasteiger charge is 2.18. The van der Waals surface area contributed by atoms with Gasteiger partial charge in [-0.05, 0) is 30.3 Å². The van der Waals surface area contributed by atoms with Crippen LogP contribution in [0.4, 0.5) is 17.2 Å². The molecule has 0 saturated carbocycles. The Balaban J connectivity index is 1.42. The first kappa shape index (κ1) is 21.0. The third-order valence-electron chi connectivity index (χ3n) is 4.41. The summed E-state index contributed by atoms with van der Waals surface area (Å²) in [5, 5.41) is 15.2. The van der Waals surface area contributed by atoms with Crippen LogP contribution in [0.2, 0.25) is 0 Å². The van der Waals surface area contributed by atoms with Crippen LogP contribution in [0.1, 0.15) is 15.9 Å². The van der Waals surface area contributed by atoms with Gasteiger partial charge in [0.1, 0.15) is 16.9 Å². The van der Waals surface area contributed by atoms with Crippen molar-refractivity contribution in [3.63, 3.8) is 0 Å². The molecule has 0 saturated heterocycles. The lowest BCUT2D eigenvalue weighted by Crippen LogP contribution is -2.16. The number of amides is 2. The maximum absolute atomic E-state index is 12.5. The van der Waals surface area contributed by atoms with Gasteiger partial charge in [0.25, 0.3) is 5.91 Å². The van der Waals surface area contributed by atoms with E-state index in [0.717, 1.165) is 11.8 Å². The molecular formula is C22H17N5O4S. The van der Waals surface area contributed by atoms with Crippen molar-refractivity contribution in [2.75, 3.05) is 28.9 Å². The van der Waals surface area contributed by atoms with Crippen molar-refractivity contribution in [1.82, 2.24) is 4.98 Å². The topological polar surface area (TPSA) is 139 Å². The van der Waals surface area contributed by atoms with Gasteiger partial charge in [-0.1, -0.05) is 30.0 Å². The molecule has 1 aliphatic heterocycles. The molecule has 2 amide bonds. The van der Waals surface area contributed by atoms with Crippen LogP contribution in [0.3, 0.4) is 0 Å². The number of rotatable bonds is 6. The molecule has 4 rings (SSSR count). The molecular weight excluding hydrogens is 430 g/mol. The summed E-state index contributed by atoms with van der Waals surface area (Å²) in [5.41, 5.74) is 7.34. The van der Waals surface area contributed by atoms with Crippen LogP contribution in [0, 0.1) is 11.3 Å². The van der Waals surface area contributed by atoms with Gasteiger partial charge in [-0.25, -0.2) is 4.98 Å². The molecule has 0 spiro atoms. The largest absolute Gasteiger partial charge is 0.454 e. The van der Waals surface area contributed by atoms with Crippen molar-refractivity contribution in [2.45, 2.75) is 5.03 Å². The average Bonchev–Trinajstić information content (AvgIpc) is 3.26. The van der Waals surface area contributed by atoms with Crippen molar-refractivity contribution in [3.8, 4) is 17.6 Å². The fraction of sp³-hybridized carbons (Fsp3) is 0.0909. The molecule has 160 valence electrons. The molecule has 32 heavy (non-hydrogen) atoms. The summed E-state index contributed by atoms with van der Waals surface area (Å²) in [6.45, 7) is 0.145. The average molecular weight is 447 g/mol. The first-order chi connectivity index (χ1) is 15.5. The SMILES string of the molecule is N#Cc1cc(C(=O)Nc2ccccc2)c(N)nc1SCC(=O)Nc1ccc2c(c1)OCO2. The Bertz CT molecular complexity index is 1230. The van der Waals surface area contributed by atoms with E-state index in [-0.39, 0.29) is 40.4 Å². The number of thioether (sulfide) groups is 1. The predicted octanol–water partition coefficient (Wildman–Crippen LogP) is 3.25. The Hall–Kier alpha value is -4.23. The molecule has 0 aliphatic carbocycles. The highest BCUT2D eigenvalue weighted by atomic mass is 32.2. The van der Waals surface area contributed by atoms with Gasteiger partial charge in [-0.2, -0.15) is 5.26 Å². The van der Waals surface area contributed by atoms with E-state index in [9.17, 15) is 14.9 Å². The number of nitrogens with zero attached hydrogens (tertiary/aromatic N) is 2. The second-order valence-corrected chi connectivity index (χ2v) is 7.57. The number of nitrogens with two attached hydrogens (primary N) is 1. The number of nitrogens with one attached hydrogen (secondary N) is 2. The summed E-state index contributed by atoms with van der Waals surface area (Å²) in [7, 11) is 0. The van der Waals surface area contributed by atoms with Crippen LogP contribution in [-0.4, -0.2) is 29.3 Å². The molecule has 0 atom stereocenters. The minimum atomic E-state index is -0.477. The molecule has 1 aromatic heterocycles. The summed E-state index contributed by atoms with van der Waals surface area (Å²) >= 11 is 1.05. The number of anilines is 3. The zero-order chi connectivity index (χ0) is 22.5. The number of fused-ring (bicyclic) bond motifs is 1. The molecule has 9 nitrogen and oxygen atoms in total. The van der Waals surface area contributed by atoms with Crippen LogP contribution in [-0.2, 0) is 4.79 Å². The molecule has 0 fully saturated rings. The summed E-state index contributed by atoms with van der Waals surface area (Å²) in [6, 6.07) is 17.3. The number of ether oxygens (including phenoxy) is 2. The van der Waals surface area contributed by atoms with E-state index in [1.165, 1.54) is 6.07 Å². The monoisotopic (exact) mass is 447 g/mol. The highest BCUT2D eigenvalue weighted by molar-refractivity contribution is 8.00. The smallest absolute Gasteiger partial charge is 0.259 e. The number of para-hydroxylation sites is 1. The van der Waals surface area contributed by atoms with Crippen molar-refractivity contribution in [3.05, 3.63) is 65.7 Å². The maximum Gasteiger partial charge on any atom is 0.259 e. The quantitative estimate of drug-likeness (QED) is 0.489. The maximum atomic E-state index is 12.5. The van der Waals surface area contributed by atoms with Gasteiger partial charge < -0.3 is 25.8 Å². The first-order valence-electron chi connectivity index (χ1n) is 9.43. The Labute approximate surface area is 187 Å². The van der Waals surface area contributed by atoms with E-state index in [2.05, 4.69) is 15.6 Å². The lowest BCUT2D eigenvalue weighted by atomic mass is 10.2. The molecule has 1 aliphatic rings. The number of aromatic nitrogens is 1. The molecule has 3 aromatic rings. The van der Waals surface area contributed by atoms with Crippen molar-refractivity contribution < 1.29 is 19.1 Å². The zero-order valence-corrected chi connectivity index (χ0v) is 17.4. The van der Waals surface area contributed by atoms with Crippen LogP contribution in [0.5, 0.6) is 11.5 Å². The lowest BCUT2D eigenvalue weighted by molar-refractivity contribution is -0.113. The van der Waals surface area contributed by atoms with E-state index in [0.29, 0.717) is 22.9 Å². The number of pyridine rings is 1. The minimum absolute atomic E-state index is 0.00881. The normalized spacial score (nSPS) is 11.5. The zero-order valence-electron chi connectivity index (χ0n) is 16.6. The van der Waals surface area contributed by atoms with Crippen LogP contribution in [0.25, 0.3) is 0 Å². The Morgan fingerprint density at radius 1 is 1.06 bits per heavy atom. The Morgan fingerprint density at radius 2 is 1.84 bits per heavy atom. The second-order valence-electron chi connectivity index (χ2n) is 6.61. The van der Waals surface area contributed by atoms with E-state index in [4.69, 9.17) is 15.2 Å². The minimum Gasteiger partial charge on any atom is -0.454 e. The van der Waals surface area contributed by atoms with E-state index < -0.39 is 5.91 Å². The molecule has 2 aromatic carbocycles. The third kappa shape index (κ3) is 4.74. The second kappa shape index (κ2) is 9.28. The predicted molar refractivity (Wildman–Crippen MR) is 120 cm³/mol. The number of hydrogen-bond acceptors (Lipinski definition) is 8. The highest BCUT2D eigenvalue weighted by Crippen LogP contribution is 2.34. The molecule has 4 N–H and O–H groups in total. The van der Waals surface area contributed by atoms with Crippen molar-refractivity contribution in [1.29, 1.82) is 5.26 Å². The number of carbonyl (C=O) groups excluding carboxylic acids is 2. The molecule has 0 bridgehead atoms. The summed E-state index contributed by atoms with van der Waals surface area (Å²) < 4.78 is 10.5. The van der Waals surface area contributed by atoms with Gasteiger partial charge >= 0.3 is 0 Å². The fourth-order valence-electron chi connectivity index (χ4n) is 2.91. The fourth-order valence-corrected chi connectivity index (χ4v) is 3.67. The lowest BCUT2D eigenvalue weighted by Gasteiger charge is -2.10. The van der Waals surface area contributed by atoms with E-state index >= 15 is 0 Å². The summed E-state index contributed by atoms with van der Waals surface area (Å²) in [5.74, 6) is 0.355.